The van der Waals surface area contributed by atoms with Gasteiger partial charge in [0.2, 0.25) is 0 Å². The molecule has 2 aromatic heterocycles. The number of amides is 2. The van der Waals surface area contributed by atoms with Gasteiger partial charge in [-0.3, -0.25) is 20.0 Å². The molecule has 3 heterocycles. The van der Waals surface area contributed by atoms with Crippen molar-refractivity contribution in [3.63, 3.8) is 0 Å². The second-order valence-corrected chi connectivity index (χ2v) is 7.22. The van der Waals surface area contributed by atoms with Crippen LogP contribution in [0.1, 0.15) is 17.4 Å². The minimum atomic E-state index is -0.514. The van der Waals surface area contributed by atoms with Crippen LogP contribution in [0.4, 0.5) is 0 Å². The lowest BCUT2D eigenvalue weighted by atomic mass is 10.1. The molecular weight excluding hydrogens is 406 g/mol. The first-order valence-corrected chi connectivity index (χ1v) is 9.65. The summed E-state index contributed by atoms with van der Waals surface area (Å²) in [5.74, 6) is -0.483. The standard InChI is InChI=1S/C21H18ClN5O3/c1-13-11-30-12-19(28)27(13)26-21(29)18-9-17(14-4-6-16(22)7-5-14)24-20(25-18)15-3-2-8-23-10-15/h2-10,13H,11-12H2,1H3,(H,26,29). The van der Waals surface area contributed by atoms with E-state index in [0.29, 0.717) is 28.7 Å². The Bertz CT molecular complexity index is 1080. The van der Waals surface area contributed by atoms with Crippen molar-refractivity contribution < 1.29 is 14.3 Å². The van der Waals surface area contributed by atoms with E-state index in [1.807, 2.05) is 18.2 Å². The first kappa shape index (κ1) is 19.9. The van der Waals surface area contributed by atoms with Crippen molar-refractivity contribution in [2.45, 2.75) is 13.0 Å². The fourth-order valence-electron chi connectivity index (χ4n) is 3.00. The highest BCUT2D eigenvalue weighted by molar-refractivity contribution is 6.30. The molecule has 4 rings (SSSR count). The van der Waals surface area contributed by atoms with Gasteiger partial charge in [0.25, 0.3) is 11.8 Å². The molecule has 3 aromatic rings. The van der Waals surface area contributed by atoms with Crippen molar-refractivity contribution in [2.75, 3.05) is 13.2 Å². The van der Waals surface area contributed by atoms with E-state index < -0.39 is 5.91 Å². The summed E-state index contributed by atoms with van der Waals surface area (Å²) < 4.78 is 5.19. The Labute approximate surface area is 177 Å². The smallest absolute Gasteiger partial charge is 0.288 e. The van der Waals surface area contributed by atoms with Crippen molar-refractivity contribution in [1.82, 2.24) is 25.4 Å². The van der Waals surface area contributed by atoms with Crippen molar-refractivity contribution in [3.8, 4) is 22.6 Å². The third kappa shape index (κ3) is 4.29. The number of nitrogens with zero attached hydrogens (tertiary/aromatic N) is 4. The molecule has 152 valence electrons. The first-order valence-electron chi connectivity index (χ1n) is 9.27. The number of carbonyl (C=O) groups excluding carboxylic acids is 2. The quantitative estimate of drug-likeness (QED) is 0.693. The molecule has 9 heteroatoms. The molecule has 2 amide bonds. The molecule has 0 aliphatic carbocycles. The highest BCUT2D eigenvalue weighted by Gasteiger charge is 2.28. The molecule has 1 aliphatic heterocycles. The van der Waals surface area contributed by atoms with E-state index in [-0.39, 0.29) is 24.2 Å². The summed E-state index contributed by atoms with van der Waals surface area (Å²) >= 11 is 5.99. The lowest BCUT2D eigenvalue weighted by Crippen LogP contribution is -2.56. The zero-order valence-electron chi connectivity index (χ0n) is 16.1. The third-order valence-corrected chi connectivity index (χ3v) is 4.79. The molecule has 0 radical (unpaired) electrons. The van der Waals surface area contributed by atoms with Gasteiger partial charge in [-0.1, -0.05) is 23.7 Å². The molecule has 30 heavy (non-hydrogen) atoms. The number of halogens is 1. The van der Waals surface area contributed by atoms with E-state index in [2.05, 4.69) is 20.4 Å². The topological polar surface area (TPSA) is 97.3 Å². The van der Waals surface area contributed by atoms with E-state index in [1.165, 1.54) is 5.01 Å². The number of morpholine rings is 1. The lowest BCUT2D eigenvalue weighted by Gasteiger charge is -2.32. The van der Waals surface area contributed by atoms with Gasteiger partial charge in [-0.2, -0.15) is 0 Å². The van der Waals surface area contributed by atoms with Crippen LogP contribution in [0.15, 0.2) is 54.9 Å². The Kier molecular flexibility index (Phi) is 5.69. The van der Waals surface area contributed by atoms with Crippen molar-refractivity contribution in [1.29, 1.82) is 0 Å². The van der Waals surface area contributed by atoms with Crippen LogP contribution in [0.5, 0.6) is 0 Å². The number of rotatable bonds is 4. The maximum Gasteiger partial charge on any atom is 0.288 e. The fourth-order valence-corrected chi connectivity index (χ4v) is 3.13. The average molecular weight is 424 g/mol. The van der Waals surface area contributed by atoms with Gasteiger partial charge in [0.1, 0.15) is 12.3 Å². The summed E-state index contributed by atoms with van der Waals surface area (Å²) in [5, 5.41) is 1.87. The summed E-state index contributed by atoms with van der Waals surface area (Å²) in [6, 6.07) is 12.0. The van der Waals surface area contributed by atoms with Gasteiger partial charge in [0.05, 0.1) is 18.3 Å². The second kappa shape index (κ2) is 8.56. The summed E-state index contributed by atoms with van der Waals surface area (Å²) in [5.41, 5.74) is 4.75. The van der Waals surface area contributed by atoms with Crippen molar-refractivity contribution >= 4 is 23.4 Å². The number of carbonyl (C=O) groups is 2. The summed E-state index contributed by atoms with van der Waals surface area (Å²) in [4.78, 5) is 38.2. The van der Waals surface area contributed by atoms with Crippen LogP contribution in [-0.4, -0.2) is 51.0 Å². The van der Waals surface area contributed by atoms with E-state index in [9.17, 15) is 9.59 Å². The Morgan fingerprint density at radius 2 is 2.00 bits per heavy atom. The molecule has 0 spiro atoms. The number of benzene rings is 1. The normalized spacial score (nSPS) is 16.4. The lowest BCUT2D eigenvalue weighted by molar-refractivity contribution is -0.150. The molecule has 1 aromatic carbocycles. The number of hydrogen-bond acceptors (Lipinski definition) is 6. The first-order chi connectivity index (χ1) is 14.5. The van der Waals surface area contributed by atoms with Crippen LogP contribution < -0.4 is 5.43 Å². The molecule has 1 saturated heterocycles. The molecule has 1 aliphatic rings. The minimum Gasteiger partial charge on any atom is -0.369 e. The zero-order chi connectivity index (χ0) is 21.1. The Hall–Kier alpha value is -3.36. The largest absolute Gasteiger partial charge is 0.369 e. The van der Waals surface area contributed by atoms with Gasteiger partial charge in [-0.05, 0) is 37.3 Å². The number of pyridine rings is 1. The number of hydrazine groups is 1. The van der Waals surface area contributed by atoms with Crippen LogP contribution in [0.25, 0.3) is 22.6 Å². The molecule has 1 unspecified atom stereocenters. The predicted octanol–water partition coefficient (Wildman–Crippen LogP) is 2.75. The van der Waals surface area contributed by atoms with Crippen LogP contribution in [-0.2, 0) is 9.53 Å². The van der Waals surface area contributed by atoms with E-state index in [4.69, 9.17) is 16.3 Å². The van der Waals surface area contributed by atoms with Crippen LogP contribution in [0.2, 0.25) is 5.02 Å². The third-order valence-electron chi connectivity index (χ3n) is 4.53. The zero-order valence-corrected chi connectivity index (χ0v) is 16.8. The van der Waals surface area contributed by atoms with Crippen LogP contribution in [0, 0.1) is 0 Å². The SMILES string of the molecule is CC1COCC(=O)N1NC(=O)c1cc(-c2ccc(Cl)cc2)nc(-c2cccnc2)n1. The summed E-state index contributed by atoms with van der Waals surface area (Å²) in [6.07, 6.45) is 3.27. The van der Waals surface area contributed by atoms with Gasteiger partial charge in [0, 0.05) is 28.5 Å². The number of nitrogens with one attached hydrogen (secondary N) is 1. The number of aromatic nitrogens is 3. The number of ether oxygens (including phenoxy) is 1. The maximum absolute atomic E-state index is 13.0. The van der Waals surface area contributed by atoms with Gasteiger partial charge >= 0.3 is 0 Å². The summed E-state index contributed by atoms with van der Waals surface area (Å²) in [6.45, 7) is 2.05. The van der Waals surface area contributed by atoms with Crippen LogP contribution in [0.3, 0.4) is 0 Å². The number of hydrogen-bond donors (Lipinski definition) is 1. The minimum absolute atomic E-state index is 0.0780. The van der Waals surface area contributed by atoms with Crippen molar-refractivity contribution in [2.24, 2.45) is 0 Å². The van der Waals surface area contributed by atoms with E-state index in [0.717, 1.165) is 5.56 Å². The Morgan fingerprint density at radius 3 is 2.70 bits per heavy atom. The van der Waals surface area contributed by atoms with Gasteiger partial charge < -0.3 is 4.74 Å². The second-order valence-electron chi connectivity index (χ2n) is 6.78. The highest BCUT2D eigenvalue weighted by atomic mass is 35.5. The molecule has 0 bridgehead atoms. The Morgan fingerprint density at radius 1 is 1.20 bits per heavy atom. The molecule has 0 saturated carbocycles. The monoisotopic (exact) mass is 423 g/mol. The van der Waals surface area contributed by atoms with Gasteiger partial charge in [-0.15, -0.1) is 0 Å². The van der Waals surface area contributed by atoms with Gasteiger partial charge in [0.15, 0.2) is 5.82 Å². The molecular formula is C21H18ClN5O3. The molecule has 1 fully saturated rings. The predicted molar refractivity (Wildman–Crippen MR) is 110 cm³/mol. The van der Waals surface area contributed by atoms with E-state index >= 15 is 0 Å². The molecule has 1 N–H and O–H groups in total. The van der Waals surface area contributed by atoms with Crippen molar-refractivity contribution in [3.05, 3.63) is 65.6 Å². The molecule has 8 nitrogen and oxygen atoms in total. The fraction of sp³-hybridized carbons (Fsp3) is 0.190. The van der Waals surface area contributed by atoms with Gasteiger partial charge in [-0.25, -0.2) is 15.0 Å². The molecule has 1 atom stereocenters. The van der Waals surface area contributed by atoms with E-state index in [1.54, 1.807) is 43.6 Å². The average Bonchev–Trinajstić information content (AvgIpc) is 2.77. The highest BCUT2D eigenvalue weighted by Crippen LogP contribution is 2.24. The van der Waals surface area contributed by atoms with Crippen LogP contribution >= 0.6 is 11.6 Å². The Balaban J connectivity index is 1.72. The summed E-state index contributed by atoms with van der Waals surface area (Å²) in [7, 11) is 0. The maximum atomic E-state index is 13.0.